The molecule has 9 nitrogen and oxygen atoms in total. The minimum Gasteiger partial charge on any atom is -0.493 e. The van der Waals surface area contributed by atoms with Crippen LogP contribution in [0.2, 0.25) is 0 Å². The van der Waals surface area contributed by atoms with E-state index in [9.17, 15) is 23.3 Å². The lowest BCUT2D eigenvalue weighted by atomic mass is 10.0. The van der Waals surface area contributed by atoms with Crippen molar-refractivity contribution < 1.29 is 26.9 Å². The van der Waals surface area contributed by atoms with Crippen molar-refractivity contribution in [3.05, 3.63) is 82.4 Å². The van der Waals surface area contributed by atoms with Crippen molar-refractivity contribution in [2.45, 2.75) is 32.6 Å². The maximum absolute atomic E-state index is 12.9. The third-order valence-corrected chi connectivity index (χ3v) is 6.69. The van der Waals surface area contributed by atoms with Crippen molar-refractivity contribution in [2.75, 3.05) is 17.7 Å². The predicted molar refractivity (Wildman–Crippen MR) is 144 cm³/mol. The first-order valence-corrected chi connectivity index (χ1v) is 12.9. The first kappa shape index (κ1) is 28.0. The molecule has 0 fully saturated rings. The number of nitrogens with one attached hydrogen (secondary N) is 2. The molecule has 0 saturated carbocycles. The summed E-state index contributed by atoms with van der Waals surface area (Å²) in [5, 5.41) is 15.0. The van der Waals surface area contributed by atoms with Crippen molar-refractivity contribution in [3.8, 4) is 17.6 Å². The van der Waals surface area contributed by atoms with Gasteiger partial charge in [0.15, 0.2) is 11.5 Å². The van der Waals surface area contributed by atoms with E-state index in [4.69, 9.17) is 8.92 Å². The lowest BCUT2D eigenvalue weighted by molar-refractivity contribution is -0.114. The number of nitrogens with zero attached hydrogens (tertiary/aromatic N) is 1. The standard InChI is InChI=1S/C28H27N3O6S/c1-17-12-18(2)27(19(3)13-17)31-28(33)22(16-29)14-21-6-11-25(36-5)26(15-21)37-38(34,35)24-9-7-23(8-10-24)30-20(4)32/h6-15H,1-5H3,(H,30,32)(H,31,33)/b22-14+. The van der Waals surface area contributed by atoms with Crippen molar-refractivity contribution in [1.29, 1.82) is 5.26 Å². The molecule has 0 aliphatic rings. The van der Waals surface area contributed by atoms with E-state index in [-0.39, 0.29) is 27.9 Å². The zero-order valence-electron chi connectivity index (χ0n) is 21.6. The molecule has 196 valence electrons. The zero-order valence-corrected chi connectivity index (χ0v) is 22.4. The van der Waals surface area contributed by atoms with Gasteiger partial charge in [-0.2, -0.15) is 13.7 Å². The van der Waals surface area contributed by atoms with E-state index >= 15 is 0 Å². The number of carbonyl (C=O) groups is 2. The summed E-state index contributed by atoms with van der Waals surface area (Å²) in [6, 6.07) is 15.6. The van der Waals surface area contributed by atoms with Gasteiger partial charge in [-0.05, 0) is 79.9 Å². The van der Waals surface area contributed by atoms with E-state index in [1.165, 1.54) is 56.5 Å². The van der Waals surface area contributed by atoms with Gasteiger partial charge < -0.3 is 19.6 Å². The summed E-state index contributed by atoms with van der Waals surface area (Å²) in [5.74, 6) is -0.890. The fraction of sp³-hybridized carbons (Fsp3) is 0.179. The molecule has 38 heavy (non-hydrogen) atoms. The zero-order chi connectivity index (χ0) is 28.0. The Balaban J connectivity index is 1.89. The van der Waals surface area contributed by atoms with Gasteiger partial charge in [0.25, 0.3) is 5.91 Å². The topological polar surface area (TPSA) is 135 Å². The molecule has 0 unspecified atom stereocenters. The van der Waals surface area contributed by atoms with E-state index in [0.717, 1.165) is 16.7 Å². The van der Waals surface area contributed by atoms with Crippen LogP contribution in [0.4, 0.5) is 11.4 Å². The summed E-state index contributed by atoms with van der Waals surface area (Å²) >= 11 is 0. The van der Waals surface area contributed by atoms with Gasteiger partial charge in [0.2, 0.25) is 5.91 Å². The highest BCUT2D eigenvalue weighted by atomic mass is 32.2. The van der Waals surface area contributed by atoms with Gasteiger partial charge in [-0.3, -0.25) is 9.59 Å². The molecular formula is C28H27N3O6S. The molecule has 3 rings (SSSR count). The van der Waals surface area contributed by atoms with Crippen LogP contribution in [0.5, 0.6) is 11.5 Å². The van der Waals surface area contributed by atoms with Gasteiger partial charge in [-0.15, -0.1) is 0 Å². The number of carbonyl (C=O) groups excluding carboxylic acids is 2. The summed E-state index contributed by atoms with van der Waals surface area (Å²) in [5.41, 5.74) is 4.00. The Bertz CT molecular complexity index is 1550. The van der Waals surface area contributed by atoms with E-state index in [0.29, 0.717) is 16.9 Å². The number of hydrogen-bond donors (Lipinski definition) is 2. The molecule has 0 bridgehead atoms. The Morgan fingerprint density at radius 2 is 1.55 bits per heavy atom. The number of hydrogen-bond acceptors (Lipinski definition) is 7. The highest BCUT2D eigenvalue weighted by Crippen LogP contribution is 2.32. The Kier molecular flexibility index (Phi) is 8.55. The second-order valence-corrected chi connectivity index (χ2v) is 10.1. The molecule has 0 atom stereocenters. The van der Waals surface area contributed by atoms with Crippen LogP contribution in [0, 0.1) is 32.1 Å². The Labute approximate surface area is 221 Å². The molecule has 0 spiro atoms. The molecule has 0 aliphatic carbocycles. The second kappa shape index (κ2) is 11.6. The number of rotatable bonds is 8. The van der Waals surface area contributed by atoms with Crippen molar-refractivity contribution in [3.63, 3.8) is 0 Å². The van der Waals surface area contributed by atoms with Gasteiger partial charge in [0.05, 0.1) is 7.11 Å². The molecule has 3 aromatic carbocycles. The molecule has 3 aromatic rings. The number of aryl methyl sites for hydroxylation is 3. The van der Waals surface area contributed by atoms with Crippen molar-refractivity contribution in [1.82, 2.24) is 0 Å². The minimum atomic E-state index is -4.27. The molecule has 2 N–H and O–H groups in total. The summed E-state index contributed by atoms with van der Waals surface area (Å²) in [6.07, 6.45) is 1.33. The maximum atomic E-state index is 12.9. The van der Waals surface area contributed by atoms with Crippen molar-refractivity contribution >= 4 is 39.4 Å². The average molecular weight is 534 g/mol. The highest BCUT2D eigenvalue weighted by molar-refractivity contribution is 7.87. The van der Waals surface area contributed by atoms with Crippen LogP contribution in [0.3, 0.4) is 0 Å². The Morgan fingerprint density at radius 1 is 0.921 bits per heavy atom. The van der Waals surface area contributed by atoms with Gasteiger partial charge >= 0.3 is 10.1 Å². The summed E-state index contributed by atoms with van der Waals surface area (Å²) < 4.78 is 36.4. The number of benzene rings is 3. The van der Waals surface area contributed by atoms with Crippen LogP contribution in [0.25, 0.3) is 6.08 Å². The van der Waals surface area contributed by atoms with E-state index in [1.54, 1.807) is 6.07 Å². The van der Waals surface area contributed by atoms with Gasteiger partial charge in [0.1, 0.15) is 16.5 Å². The van der Waals surface area contributed by atoms with Gasteiger partial charge in [-0.1, -0.05) is 23.8 Å². The number of amides is 2. The molecular weight excluding hydrogens is 506 g/mol. The molecule has 10 heteroatoms. The number of ether oxygens (including phenoxy) is 1. The lowest BCUT2D eigenvalue weighted by Gasteiger charge is -2.13. The maximum Gasteiger partial charge on any atom is 0.339 e. The monoisotopic (exact) mass is 533 g/mol. The predicted octanol–water partition coefficient (Wildman–Crippen LogP) is 4.89. The summed E-state index contributed by atoms with van der Waals surface area (Å²) in [7, 11) is -2.92. The smallest absolute Gasteiger partial charge is 0.339 e. The molecule has 0 saturated heterocycles. The van der Waals surface area contributed by atoms with E-state index in [2.05, 4.69) is 10.6 Å². The number of anilines is 2. The van der Waals surface area contributed by atoms with Crippen LogP contribution >= 0.6 is 0 Å². The van der Waals surface area contributed by atoms with Crippen LogP contribution in [-0.2, 0) is 19.7 Å². The van der Waals surface area contributed by atoms with E-state index in [1.807, 2.05) is 39.0 Å². The third kappa shape index (κ3) is 6.78. The van der Waals surface area contributed by atoms with Crippen molar-refractivity contribution in [2.24, 2.45) is 0 Å². The SMILES string of the molecule is COc1ccc(/C=C(\C#N)C(=O)Nc2c(C)cc(C)cc2C)cc1OS(=O)(=O)c1ccc(NC(C)=O)cc1. The van der Waals surface area contributed by atoms with Gasteiger partial charge in [0, 0.05) is 18.3 Å². The van der Waals surface area contributed by atoms with Crippen LogP contribution < -0.4 is 19.6 Å². The average Bonchev–Trinajstić information content (AvgIpc) is 2.84. The molecule has 0 radical (unpaired) electrons. The first-order chi connectivity index (χ1) is 17.9. The summed E-state index contributed by atoms with van der Waals surface area (Å²) in [6.45, 7) is 7.03. The van der Waals surface area contributed by atoms with Crippen LogP contribution in [0.15, 0.2) is 65.1 Å². The number of methoxy groups -OCH3 is 1. The molecule has 0 aromatic heterocycles. The fourth-order valence-electron chi connectivity index (χ4n) is 3.80. The second-order valence-electron chi connectivity index (χ2n) is 8.55. The quantitative estimate of drug-likeness (QED) is 0.239. The first-order valence-electron chi connectivity index (χ1n) is 11.4. The largest absolute Gasteiger partial charge is 0.493 e. The molecule has 0 heterocycles. The minimum absolute atomic E-state index is 0.130. The Morgan fingerprint density at radius 3 is 2.11 bits per heavy atom. The van der Waals surface area contributed by atoms with Gasteiger partial charge in [-0.25, -0.2) is 0 Å². The van der Waals surface area contributed by atoms with Crippen LogP contribution in [0.1, 0.15) is 29.2 Å². The highest BCUT2D eigenvalue weighted by Gasteiger charge is 2.20. The lowest BCUT2D eigenvalue weighted by Crippen LogP contribution is -2.15. The van der Waals surface area contributed by atoms with Crippen LogP contribution in [-0.4, -0.2) is 27.3 Å². The third-order valence-electron chi connectivity index (χ3n) is 5.44. The number of nitriles is 1. The molecule has 0 aliphatic heterocycles. The fourth-order valence-corrected chi connectivity index (χ4v) is 4.73. The summed E-state index contributed by atoms with van der Waals surface area (Å²) in [4.78, 5) is 23.9. The normalized spacial score (nSPS) is 11.3. The Hall–Kier alpha value is -4.62. The van der Waals surface area contributed by atoms with E-state index < -0.39 is 16.0 Å². The molecule has 2 amide bonds.